The minimum Gasteiger partial charge on any atom is -0.375 e. The highest BCUT2D eigenvalue weighted by atomic mass is 79.9. The van der Waals surface area contributed by atoms with E-state index in [1.807, 2.05) is 38.1 Å². The fourth-order valence-corrected chi connectivity index (χ4v) is 1.93. The Labute approximate surface area is 115 Å². The highest BCUT2D eigenvalue weighted by Crippen LogP contribution is 2.32. The van der Waals surface area contributed by atoms with Gasteiger partial charge in [0.25, 0.3) is 0 Å². The third kappa shape index (κ3) is 3.61. The number of hydrogen-bond donors (Lipinski definition) is 1. The molecule has 0 heterocycles. The van der Waals surface area contributed by atoms with Crippen molar-refractivity contribution >= 4 is 44.8 Å². The summed E-state index contributed by atoms with van der Waals surface area (Å²) in [6, 6.07) is 5.46. The van der Waals surface area contributed by atoms with Crippen molar-refractivity contribution in [2.24, 2.45) is 0 Å². The first-order valence-corrected chi connectivity index (χ1v) is 6.67. The predicted molar refractivity (Wildman–Crippen MR) is 77.4 cm³/mol. The third-order valence-electron chi connectivity index (χ3n) is 2.33. The summed E-state index contributed by atoms with van der Waals surface area (Å²) in [6.45, 7) is 1.95. The Morgan fingerprint density at radius 2 is 2.18 bits per heavy atom. The van der Waals surface area contributed by atoms with Crippen LogP contribution in [-0.4, -0.2) is 24.8 Å². The van der Waals surface area contributed by atoms with Crippen LogP contribution in [0.2, 0.25) is 5.02 Å². The minimum atomic E-state index is -0.184. The van der Waals surface area contributed by atoms with E-state index in [-0.39, 0.29) is 10.7 Å². The largest absolute Gasteiger partial charge is 0.375 e. The van der Waals surface area contributed by atoms with Crippen molar-refractivity contribution in [1.29, 1.82) is 0 Å². The SMILES string of the molecule is CCC(Br)C(=O)Nc1cccc(Cl)c1N(C)C. The molecule has 0 radical (unpaired) electrons. The van der Waals surface area contributed by atoms with Gasteiger partial charge in [-0.1, -0.05) is 40.5 Å². The zero-order valence-electron chi connectivity index (χ0n) is 10.1. The van der Waals surface area contributed by atoms with Gasteiger partial charge in [0.1, 0.15) is 0 Å². The lowest BCUT2D eigenvalue weighted by molar-refractivity contribution is -0.115. The smallest absolute Gasteiger partial charge is 0.238 e. The topological polar surface area (TPSA) is 32.3 Å². The van der Waals surface area contributed by atoms with Crippen molar-refractivity contribution in [2.75, 3.05) is 24.3 Å². The molecule has 94 valence electrons. The Kier molecular flexibility index (Phi) is 5.28. The van der Waals surface area contributed by atoms with Crippen molar-refractivity contribution in [3.05, 3.63) is 23.2 Å². The van der Waals surface area contributed by atoms with E-state index in [1.54, 1.807) is 6.07 Å². The first-order valence-electron chi connectivity index (χ1n) is 5.38. The normalized spacial score (nSPS) is 12.1. The summed E-state index contributed by atoms with van der Waals surface area (Å²) < 4.78 is 0. The second-order valence-corrected chi connectivity index (χ2v) is 5.41. The van der Waals surface area contributed by atoms with Crippen LogP contribution in [0.4, 0.5) is 11.4 Å². The Morgan fingerprint density at radius 3 is 2.71 bits per heavy atom. The summed E-state index contributed by atoms with van der Waals surface area (Å²) in [7, 11) is 3.78. The van der Waals surface area contributed by atoms with Gasteiger partial charge < -0.3 is 10.2 Å². The molecular weight excluding hydrogens is 304 g/mol. The molecule has 1 amide bonds. The number of carbonyl (C=O) groups is 1. The van der Waals surface area contributed by atoms with Crippen LogP contribution in [0.1, 0.15) is 13.3 Å². The van der Waals surface area contributed by atoms with Gasteiger partial charge >= 0.3 is 0 Å². The molecule has 17 heavy (non-hydrogen) atoms. The Hall–Kier alpha value is -0.740. The van der Waals surface area contributed by atoms with Gasteiger partial charge in [-0.15, -0.1) is 0 Å². The van der Waals surface area contributed by atoms with Crippen LogP contribution >= 0.6 is 27.5 Å². The van der Waals surface area contributed by atoms with Crippen molar-refractivity contribution in [1.82, 2.24) is 0 Å². The standard InChI is InChI=1S/C12H16BrClN2O/c1-4-8(13)12(17)15-10-7-5-6-9(14)11(10)16(2)3/h5-8H,4H2,1-3H3,(H,15,17). The second-order valence-electron chi connectivity index (χ2n) is 3.90. The molecule has 0 saturated heterocycles. The lowest BCUT2D eigenvalue weighted by atomic mass is 10.2. The van der Waals surface area contributed by atoms with Crippen LogP contribution < -0.4 is 10.2 Å². The monoisotopic (exact) mass is 318 g/mol. The molecule has 0 aliphatic heterocycles. The molecule has 1 aromatic carbocycles. The quantitative estimate of drug-likeness (QED) is 0.861. The molecule has 1 N–H and O–H groups in total. The third-order valence-corrected chi connectivity index (χ3v) is 3.70. The predicted octanol–water partition coefficient (Wildman–Crippen LogP) is 3.52. The van der Waals surface area contributed by atoms with Gasteiger partial charge in [0, 0.05) is 14.1 Å². The molecule has 0 saturated carbocycles. The van der Waals surface area contributed by atoms with Gasteiger partial charge in [0.2, 0.25) is 5.91 Å². The molecule has 0 aliphatic rings. The lowest BCUT2D eigenvalue weighted by Gasteiger charge is -2.20. The fourth-order valence-electron chi connectivity index (χ4n) is 1.47. The van der Waals surface area contributed by atoms with Crippen molar-refractivity contribution < 1.29 is 4.79 Å². The van der Waals surface area contributed by atoms with Gasteiger partial charge in [0.15, 0.2) is 0 Å². The number of carbonyl (C=O) groups excluding carboxylic acids is 1. The molecule has 1 aromatic rings. The summed E-state index contributed by atoms with van der Waals surface area (Å²) in [4.78, 5) is 13.5. The minimum absolute atomic E-state index is 0.0575. The second kappa shape index (κ2) is 6.26. The van der Waals surface area contributed by atoms with Gasteiger partial charge in [-0.2, -0.15) is 0 Å². The van der Waals surface area contributed by atoms with E-state index in [4.69, 9.17) is 11.6 Å². The molecule has 3 nitrogen and oxygen atoms in total. The zero-order valence-corrected chi connectivity index (χ0v) is 12.5. The van der Waals surface area contributed by atoms with E-state index < -0.39 is 0 Å². The van der Waals surface area contributed by atoms with Crippen molar-refractivity contribution in [3.63, 3.8) is 0 Å². The number of hydrogen-bond acceptors (Lipinski definition) is 2. The first-order chi connectivity index (χ1) is 7.97. The molecule has 0 aliphatic carbocycles. The van der Waals surface area contributed by atoms with Crippen molar-refractivity contribution in [2.45, 2.75) is 18.2 Å². The van der Waals surface area contributed by atoms with E-state index >= 15 is 0 Å². The first kappa shape index (κ1) is 14.3. The highest BCUT2D eigenvalue weighted by molar-refractivity contribution is 9.10. The number of amides is 1. The molecule has 5 heteroatoms. The van der Waals surface area contributed by atoms with Crippen LogP contribution in [0.25, 0.3) is 0 Å². The highest BCUT2D eigenvalue weighted by Gasteiger charge is 2.16. The maximum Gasteiger partial charge on any atom is 0.238 e. The van der Waals surface area contributed by atoms with E-state index in [0.29, 0.717) is 5.02 Å². The summed E-state index contributed by atoms with van der Waals surface area (Å²) in [6.07, 6.45) is 0.740. The van der Waals surface area contributed by atoms with Gasteiger partial charge in [0.05, 0.1) is 21.2 Å². The van der Waals surface area contributed by atoms with E-state index in [9.17, 15) is 4.79 Å². The number of benzene rings is 1. The summed E-state index contributed by atoms with van der Waals surface area (Å²) in [5, 5.41) is 3.49. The fraction of sp³-hybridized carbons (Fsp3) is 0.417. The number of para-hydroxylation sites is 1. The van der Waals surface area contributed by atoms with Gasteiger partial charge in [-0.25, -0.2) is 0 Å². The summed E-state index contributed by atoms with van der Waals surface area (Å²) >= 11 is 9.44. The van der Waals surface area contributed by atoms with Gasteiger partial charge in [-0.3, -0.25) is 4.79 Å². The van der Waals surface area contributed by atoms with Crippen LogP contribution in [0.15, 0.2) is 18.2 Å². The number of halogens is 2. The Morgan fingerprint density at radius 1 is 1.53 bits per heavy atom. The molecule has 0 spiro atoms. The van der Waals surface area contributed by atoms with E-state index in [2.05, 4.69) is 21.2 Å². The molecule has 1 rings (SSSR count). The molecule has 0 aromatic heterocycles. The van der Waals surface area contributed by atoms with Crippen LogP contribution in [0, 0.1) is 0 Å². The average Bonchev–Trinajstić information content (AvgIpc) is 2.27. The number of nitrogens with one attached hydrogen (secondary N) is 1. The van der Waals surface area contributed by atoms with Gasteiger partial charge in [-0.05, 0) is 18.6 Å². The lowest BCUT2D eigenvalue weighted by Crippen LogP contribution is -2.23. The summed E-state index contributed by atoms with van der Waals surface area (Å²) in [5.74, 6) is -0.0575. The van der Waals surface area contributed by atoms with Crippen LogP contribution in [0.3, 0.4) is 0 Å². The average molecular weight is 320 g/mol. The number of nitrogens with zero attached hydrogens (tertiary/aromatic N) is 1. The molecule has 0 fully saturated rings. The van der Waals surface area contributed by atoms with E-state index in [1.165, 1.54) is 0 Å². The maximum absolute atomic E-state index is 11.8. The van der Waals surface area contributed by atoms with Crippen LogP contribution in [0.5, 0.6) is 0 Å². The van der Waals surface area contributed by atoms with E-state index in [0.717, 1.165) is 17.8 Å². The van der Waals surface area contributed by atoms with Crippen molar-refractivity contribution in [3.8, 4) is 0 Å². The maximum atomic E-state index is 11.8. The number of rotatable bonds is 4. The molecule has 0 bridgehead atoms. The molecular formula is C12H16BrClN2O. The molecule has 1 unspecified atom stereocenters. The Balaban J connectivity index is 2.99. The Bertz CT molecular complexity index is 409. The number of anilines is 2. The zero-order chi connectivity index (χ0) is 13.0. The summed E-state index contributed by atoms with van der Waals surface area (Å²) in [5.41, 5.74) is 1.55. The molecule has 1 atom stereocenters. The van der Waals surface area contributed by atoms with Crippen LogP contribution in [-0.2, 0) is 4.79 Å². The number of alkyl halides is 1.